The average Bonchev–Trinajstić information content (AvgIpc) is 2.29. The quantitative estimate of drug-likeness (QED) is 0.652. The SMILES string of the molecule is Cc1cccc(C)c1C(Cl)c1ccc(Br)cc1. The maximum Gasteiger partial charge on any atom is 0.0840 e. The summed E-state index contributed by atoms with van der Waals surface area (Å²) >= 11 is 10.0. The Morgan fingerprint density at radius 3 is 2.00 bits per heavy atom. The van der Waals surface area contributed by atoms with Crippen LogP contribution in [0.3, 0.4) is 0 Å². The molecule has 88 valence electrons. The Balaban J connectivity index is 2.43. The van der Waals surface area contributed by atoms with Crippen LogP contribution in [0.15, 0.2) is 46.9 Å². The third kappa shape index (κ3) is 2.72. The van der Waals surface area contributed by atoms with E-state index in [-0.39, 0.29) is 5.38 Å². The summed E-state index contributed by atoms with van der Waals surface area (Å²) in [7, 11) is 0. The van der Waals surface area contributed by atoms with Crippen LogP contribution in [-0.4, -0.2) is 0 Å². The number of halogens is 2. The second-order valence-corrected chi connectivity index (χ2v) is 5.57. The van der Waals surface area contributed by atoms with Crippen molar-refractivity contribution in [3.63, 3.8) is 0 Å². The summed E-state index contributed by atoms with van der Waals surface area (Å²) in [6, 6.07) is 14.5. The highest BCUT2D eigenvalue weighted by Crippen LogP contribution is 2.33. The molecule has 0 saturated carbocycles. The van der Waals surface area contributed by atoms with E-state index < -0.39 is 0 Å². The van der Waals surface area contributed by atoms with Gasteiger partial charge in [-0.2, -0.15) is 0 Å². The van der Waals surface area contributed by atoms with Gasteiger partial charge in [-0.25, -0.2) is 0 Å². The van der Waals surface area contributed by atoms with E-state index in [4.69, 9.17) is 11.6 Å². The van der Waals surface area contributed by atoms with Gasteiger partial charge in [0.1, 0.15) is 0 Å². The van der Waals surface area contributed by atoms with Crippen LogP contribution < -0.4 is 0 Å². The molecule has 0 amide bonds. The number of hydrogen-bond donors (Lipinski definition) is 0. The summed E-state index contributed by atoms with van der Waals surface area (Å²) in [5.41, 5.74) is 4.84. The van der Waals surface area contributed by atoms with Crippen LogP contribution >= 0.6 is 27.5 Å². The maximum absolute atomic E-state index is 6.58. The first-order valence-corrected chi connectivity index (χ1v) is 6.78. The fourth-order valence-electron chi connectivity index (χ4n) is 2.03. The van der Waals surface area contributed by atoms with Crippen LogP contribution in [0.5, 0.6) is 0 Å². The number of alkyl halides is 1. The Bertz CT molecular complexity index is 497. The van der Waals surface area contributed by atoms with Gasteiger partial charge in [-0.3, -0.25) is 0 Å². The van der Waals surface area contributed by atoms with Gasteiger partial charge in [0.05, 0.1) is 5.38 Å². The number of aryl methyl sites for hydroxylation is 2. The molecule has 0 N–H and O–H groups in total. The molecule has 2 rings (SSSR count). The zero-order chi connectivity index (χ0) is 12.4. The lowest BCUT2D eigenvalue weighted by Gasteiger charge is -2.16. The van der Waals surface area contributed by atoms with Crippen molar-refractivity contribution in [2.75, 3.05) is 0 Å². The van der Waals surface area contributed by atoms with Crippen molar-refractivity contribution in [2.45, 2.75) is 19.2 Å². The van der Waals surface area contributed by atoms with Gasteiger partial charge in [0, 0.05) is 4.47 Å². The molecule has 0 nitrogen and oxygen atoms in total. The van der Waals surface area contributed by atoms with E-state index in [1.807, 2.05) is 12.1 Å². The Morgan fingerprint density at radius 2 is 1.47 bits per heavy atom. The lowest BCUT2D eigenvalue weighted by atomic mass is 9.96. The predicted molar refractivity (Wildman–Crippen MR) is 77.8 cm³/mol. The molecule has 0 radical (unpaired) electrons. The van der Waals surface area contributed by atoms with E-state index in [9.17, 15) is 0 Å². The van der Waals surface area contributed by atoms with Gasteiger partial charge in [-0.15, -0.1) is 11.6 Å². The molecule has 0 aliphatic rings. The number of rotatable bonds is 2. The first-order chi connectivity index (χ1) is 8.09. The largest absolute Gasteiger partial charge is 0.113 e. The van der Waals surface area contributed by atoms with Crippen molar-refractivity contribution >= 4 is 27.5 Å². The molecular weight excluding hydrogens is 296 g/mol. The first-order valence-electron chi connectivity index (χ1n) is 5.55. The maximum atomic E-state index is 6.58. The zero-order valence-electron chi connectivity index (χ0n) is 9.87. The molecule has 0 fully saturated rings. The molecule has 0 heterocycles. The van der Waals surface area contributed by atoms with Gasteiger partial charge in [-0.1, -0.05) is 46.3 Å². The normalized spacial score (nSPS) is 12.5. The molecule has 2 aromatic rings. The second-order valence-electron chi connectivity index (χ2n) is 4.22. The molecule has 0 aromatic heterocycles. The van der Waals surface area contributed by atoms with Crippen molar-refractivity contribution in [3.8, 4) is 0 Å². The molecule has 2 aromatic carbocycles. The lowest BCUT2D eigenvalue weighted by Crippen LogP contribution is -1.99. The average molecular weight is 310 g/mol. The summed E-state index contributed by atoms with van der Waals surface area (Å²) in [6.45, 7) is 4.22. The minimum absolute atomic E-state index is 0.0794. The van der Waals surface area contributed by atoms with Crippen LogP contribution in [0.4, 0.5) is 0 Å². The summed E-state index contributed by atoms with van der Waals surface area (Å²) in [6.07, 6.45) is 0. The highest BCUT2D eigenvalue weighted by Gasteiger charge is 2.14. The molecule has 1 unspecified atom stereocenters. The van der Waals surface area contributed by atoms with Crippen LogP contribution in [0.1, 0.15) is 27.6 Å². The van der Waals surface area contributed by atoms with Gasteiger partial charge >= 0.3 is 0 Å². The molecule has 0 aliphatic heterocycles. The van der Waals surface area contributed by atoms with E-state index in [0.29, 0.717) is 0 Å². The topological polar surface area (TPSA) is 0 Å². The molecule has 0 bridgehead atoms. The fraction of sp³-hybridized carbons (Fsp3) is 0.200. The van der Waals surface area contributed by atoms with E-state index in [0.717, 1.165) is 10.0 Å². The van der Waals surface area contributed by atoms with Crippen LogP contribution in [-0.2, 0) is 0 Å². The van der Waals surface area contributed by atoms with E-state index in [1.54, 1.807) is 0 Å². The van der Waals surface area contributed by atoms with E-state index in [1.165, 1.54) is 16.7 Å². The molecular formula is C15H14BrCl. The van der Waals surface area contributed by atoms with Crippen molar-refractivity contribution in [3.05, 3.63) is 69.2 Å². The van der Waals surface area contributed by atoms with Crippen molar-refractivity contribution < 1.29 is 0 Å². The van der Waals surface area contributed by atoms with Crippen LogP contribution in [0.2, 0.25) is 0 Å². The predicted octanol–water partition coefficient (Wildman–Crippen LogP) is 5.39. The Kier molecular flexibility index (Phi) is 3.90. The highest BCUT2D eigenvalue weighted by molar-refractivity contribution is 9.10. The van der Waals surface area contributed by atoms with Crippen LogP contribution in [0.25, 0.3) is 0 Å². The third-order valence-electron chi connectivity index (χ3n) is 2.96. The van der Waals surface area contributed by atoms with E-state index >= 15 is 0 Å². The van der Waals surface area contributed by atoms with Gasteiger partial charge in [0.15, 0.2) is 0 Å². The van der Waals surface area contributed by atoms with Gasteiger partial charge in [0.2, 0.25) is 0 Å². The van der Waals surface area contributed by atoms with Gasteiger partial charge in [-0.05, 0) is 48.2 Å². The van der Waals surface area contributed by atoms with Crippen LogP contribution in [0, 0.1) is 13.8 Å². The van der Waals surface area contributed by atoms with Crippen molar-refractivity contribution in [2.24, 2.45) is 0 Å². The minimum atomic E-state index is -0.0794. The summed E-state index contributed by atoms with van der Waals surface area (Å²) in [4.78, 5) is 0. The zero-order valence-corrected chi connectivity index (χ0v) is 12.2. The first kappa shape index (κ1) is 12.7. The minimum Gasteiger partial charge on any atom is -0.113 e. The van der Waals surface area contributed by atoms with Gasteiger partial charge in [0.25, 0.3) is 0 Å². The van der Waals surface area contributed by atoms with Crippen molar-refractivity contribution in [1.82, 2.24) is 0 Å². The Morgan fingerprint density at radius 1 is 0.941 bits per heavy atom. The molecule has 1 atom stereocenters. The molecule has 17 heavy (non-hydrogen) atoms. The molecule has 2 heteroatoms. The third-order valence-corrected chi connectivity index (χ3v) is 3.96. The van der Waals surface area contributed by atoms with E-state index in [2.05, 4.69) is 60.1 Å². The van der Waals surface area contributed by atoms with Crippen molar-refractivity contribution in [1.29, 1.82) is 0 Å². The van der Waals surface area contributed by atoms with Gasteiger partial charge < -0.3 is 0 Å². The molecule has 0 saturated heterocycles. The Hall–Kier alpha value is -0.790. The number of hydrogen-bond acceptors (Lipinski definition) is 0. The fourth-order valence-corrected chi connectivity index (χ4v) is 2.78. The molecule has 0 spiro atoms. The summed E-state index contributed by atoms with van der Waals surface area (Å²) < 4.78 is 1.08. The molecule has 0 aliphatic carbocycles. The highest BCUT2D eigenvalue weighted by atomic mass is 79.9. The monoisotopic (exact) mass is 308 g/mol. The second kappa shape index (κ2) is 5.24. The smallest absolute Gasteiger partial charge is 0.0840 e. The Labute approximate surface area is 116 Å². The summed E-state index contributed by atoms with van der Waals surface area (Å²) in [5.74, 6) is 0. The summed E-state index contributed by atoms with van der Waals surface area (Å²) in [5, 5.41) is -0.0794. The number of benzene rings is 2. The standard InChI is InChI=1S/C15H14BrCl/c1-10-4-3-5-11(2)14(10)15(17)12-6-8-13(16)9-7-12/h3-9,15H,1-2H3. The lowest BCUT2D eigenvalue weighted by molar-refractivity contribution is 1.08.